The maximum Gasteiger partial charge on any atom is 0.143 e. The van der Waals surface area contributed by atoms with Gasteiger partial charge in [-0.05, 0) is 54.9 Å². The molecule has 5 heteroatoms. The molecule has 0 amide bonds. The first-order chi connectivity index (χ1) is 13.1. The number of nitrogens with one attached hydrogen (secondary N) is 2. The second-order valence-electron chi connectivity index (χ2n) is 6.95. The molecule has 5 nitrogen and oxygen atoms in total. The fourth-order valence-electron chi connectivity index (χ4n) is 3.34. The zero-order valence-electron chi connectivity index (χ0n) is 16.7. The fraction of sp³-hybridized carbons (Fsp3) is 0.364. The lowest BCUT2D eigenvalue weighted by Crippen LogP contribution is -2.28. The van der Waals surface area contributed by atoms with E-state index in [-0.39, 0.29) is 0 Å². The molecular weight excluding hydrogens is 336 g/mol. The Hall–Kier alpha value is -2.50. The van der Waals surface area contributed by atoms with E-state index in [1.807, 2.05) is 14.1 Å². The van der Waals surface area contributed by atoms with Crippen molar-refractivity contribution in [2.75, 3.05) is 39.2 Å². The first kappa shape index (κ1) is 19.3. The molecule has 0 bridgehead atoms. The van der Waals surface area contributed by atoms with Crippen LogP contribution in [0, 0.1) is 0 Å². The Kier molecular flexibility index (Phi) is 6.37. The summed E-state index contributed by atoms with van der Waals surface area (Å²) in [5.74, 6) is 1.01. The molecule has 0 radical (unpaired) electrons. The lowest BCUT2D eigenvalue weighted by molar-refractivity contribution is 0.311. The van der Waals surface area contributed by atoms with Crippen LogP contribution in [0.5, 0.6) is 5.75 Å². The molecule has 4 rings (SSSR count). The molecule has 2 aromatic carbocycles. The van der Waals surface area contributed by atoms with Crippen LogP contribution in [0.15, 0.2) is 48.7 Å². The largest absolute Gasteiger partial charge is 0.490 e. The Balaban J connectivity index is 0.000000156. The van der Waals surface area contributed by atoms with Crippen LogP contribution in [0.4, 0.5) is 5.69 Å². The molecule has 3 aromatic rings. The summed E-state index contributed by atoms with van der Waals surface area (Å²) in [5.41, 5.74) is 5.09. The molecule has 2 heterocycles. The molecule has 0 unspecified atom stereocenters. The molecule has 1 aliphatic heterocycles. The van der Waals surface area contributed by atoms with Crippen molar-refractivity contribution in [2.45, 2.75) is 13.1 Å². The van der Waals surface area contributed by atoms with Gasteiger partial charge in [-0.3, -0.25) is 0 Å². The standard InChI is InChI=1S/C11H16N2O.C11H14N2/c1-12-8-9-3-4-10-11(7-9)14-6-5-13(10)2;1-12-8-9-3-4-10-5-6-13(2)11(10)7-9/h3-4,7,12H,5-6,8H2,1-2H3;3-7,12H,8H2,1-2H3. The van der Waals surface area contributed by atoms with Crippen molar-refractivity contribution in [1.82, 2.24) is 15.2 Å². The van der Waals surface area contributed by atoms with E-state index >= 15 is 0 Å². The van der Waals surface area contributed by atoms with Crippen LogP contribution in [0.25, 0.3) is 10.9 Å². The zero-order valence-corrected chi connectivity index (χ0v) is 16.7. The van der Waals surface area contributed by atoms with Gasteiger partial charge in [-0.15, -0.1) is 0 Å². The van der Waals surface area contributed by atoms with Gasteiger partial charge in [0, 0.05) is 38.9 Å². The minimum absolute atomic E-state index is 0.784. The van der Waals surface area contributed by atoms with Gasteiger partial charge in [0.25, 0.3) is 0 Å². The zero-order chi connectivity index (χ0) is 19.2. The Morgan fingerprint density at radius 1 is 0.926 bits per heavy atom. The highest BCUT2D eigenvalue weighted by Gasteiger charge is 2.14. The van der Waals surface area contributed by atoms with Crippen LogP contribution in [-0.4, -0.2) is 38.9 Å². The summed E-state index contributed by atoms with van der Waals surface area (Å²) in [5, 5.41) is 7.59. The molecule has 1 aliphatic rings. The Bertz CT molecular complexity index is 887. The predicted octanol–water partition coefficient (Wildman–Crippen LogP) is 3.13. The molecule has 0 spiro atoms. The SMILES string of the molecule is CNCc1ccc2c(c1)OCCN2C.CNCc1ccc2ccn(C)c2c1. The quantitative estimate of drug-likeness (QED) is 0.744. The number of ether oxygens (including phenoxy) is 1. The van der Waals surface area contributed by atoms with Crippen molar-refractivity contribution in [3.05, 3.63) is 59.8 Å². The van der Waals surface area contributed by atoms with Crippen LogP contribution in [0.2, 0.25) is 0 Å². The van der Waals surface area contributed by atoms with Gasteiger partial charge in [0.2, 0.25) is 0 Å². The highest BCUT2D eigenvalue weighted by molar-refractivity contribution is 5.80. The third kappa shape index (κ3) is 4.62. The van der Waals surface area contributed by atoms with Gasteiger partial charge >= 0.3 is 0 Å². The number of likely N-dealkylation sites (N-methyl/N-ethyl adjacent to an activating group) is 1. The first-order valence-corrected chi connectivity index (χ1v) is 9.42. The molecular formula is C22H30N4O. The molecule has 27 heavy (non-hydrogen) atoms. The van der Waals surface area contributed by atoms with Crippen molar-refractivity contribution >= 4 is 16.6 Å². The Labute approximate surface area is 161 Å². The summed E-state index contributed by atoms with van der Waals surface area (Å²) in [4.78, 5) is 2.22. The van der Waals surface area contributed by atoms with E-state index in [9.17, 15) is 0 Å². The van der Waals surface area contributed by atoms with Gasteiger partial charge in [-0.1, -0.05) is 18.2 Å². The summed E-state index contributed by atoms with van der Waals surface area (Å²) in [6, 6.07) is 15.1. The molecule has 2 N–H and O–H groups in total. The lowest BCUT2D eigenvalue weighted by Gasteiger charge is -2.27. The number of aromatic nitrogens is 1. The van der Waals surface area contributed by atoms with Gasteiger partial charge in [-0.2, -0.15) is 0 Å². The third-order valence-electron chi connectivity index (χ3n) is 4.83. The van der Waals surface area contributed by atoms with Crippen LogP contribution >= 0.6 is 0 Å². The van der Waals surface area contributed by atoms with Crippen molar-refractivity contribution in [1.29, 1.82) is 0 Å². The van der Waals surface area contributed by atoms with Gasteiger partial charge in [-0.25, -0.2) is 0 Å². The smallest absolute Gasteiger partial charge is 0.143 e. The average Bonchev–Trinajstić information content (AvgIpc) is 3.04. The summed E-state index contributed by atoms with van der Waals surface area (Å²) in [6.45, 7) is 3.58. The number of hydrogen-bond donors (Lipinski definition) is 2. The monoisotopic (exact) mass is 366 g/mol. The molecule has 0 aliphatic carbocycles. The second kappa shape index (κ2) is 8.93. The summed E-state index contributed by atoms with van der Waals surface area (Å²) >= 11 is 0. The molecule has 0 saturated carbocycles. The average molecular weight is 367 g/mol. The number of benzene rings is 2. The fourth-order valence-corrected chi connectivity index (χ4v) is 3.34. The van der Waals surface area contributed by atoms with Crippen molar-refractivity contribution in [2.24, 2.45) is 7.05 Å². The van der Waals surface area contributed by atoms with E-state index in [4.69, 9.17) is 4.74 Å². The van der Waals surface area contributed by atoms with Gasteiger partial charge in [0.15, 0.2) is 0 Å². The minimum Gasteiger partial charge on any atom is -0.490 e. The number of nitrogens with zero attached hydrogens (tertiary/aromatic N) is 2. The summed E-state index contributed by atoms with van der Waals surface area (Å²) in [6.07, 6.45) is 2.09. The summed E-state index contributed by atoms with van der Waals surface area (Å²) < 4.78 is 7.76. The number of hydrogen-bond acceptors (Lipinski definition) is 4. The second-order valence-corrected chi connectivity index (χ2v) is 6.95. The lowest BCUT2D eigenvalue weighted by atomic mass is 10.1. The van der Waals surface area contributed by atoms with Crippen molar-refractivity contribution in [3.63, 3.8) is 0 Å². The van der Waals surface area contributed by atoms with Crippen LogP contribution in [0.3, 0.4) is 0 Å². The normalized spacial score (nSPS) is 13.0. The first-order valence-electron chi connectivity index (χ1n) is 9.42. The maximum absolute atomic E-state index is 5.61. The molecule has 144 valence electrons. The van der Waals surface area contributed by atoms with E-state index in [0.29, 0.717) is 0 Å². The van der Waals surface area contributed by atoms with Crippen molar-refractivity contribution in [3.8, 4) is 5.75 Å². The molecule has 0 atom stereocenters. The van der Waals surface area contributed by atoms with Crippen LogP contribution in [-0.2, 0) is 20.1 Å². The van der Waals surface area contributed by atoms with E-state index in [2.05, 4.69) is 82.9 Å². The number of aryl methyl sites for hydroxylation is 1. The van der Waals surface area contributed by atoms with Crippen LogP contribution in [0.1, 0.15) is 11.1 Å². The Morgan fingerprint density at radius 3 is 2.37 bits per heavy atom. The number of rotatable bonds is 4. The topological polar surface area (TPSA) is 41.5 Å². The highest BCUT2D eigenvalue weighted by Crippen LogP contribution is 2.31. The number of anilines is 1. The highest BCUT2D eigenvalue weighted by atomic mass is 16.5. The van der Waals surface area contributed by atoms with Gasteiger partial charge < -0.3 is 24.8 Å². The van der Waals surface area contributed by atoms with E-state index in [1.165, 1.54) is 27.7 Å². The Morgan fingerprint density at radius 2 is 1.63 bits per heavy atom. The molecule has 1 aromatic heterocycles. The number of fused-ring (bicyclic) bond motifs is 2. The predicted molar refractivity (Wildman–Crippen MR) is 114 cm³/mol. The van der Waals surface area contributed by atoms with E-state index in [0.717, 1.165) is 32.0 Å². The minimum atomic E-state index is 0.784. The maximum atomic E-state index is 5.61. The van der Waals surface area contributed by atoms with Gasteiger partial charge in [0.05, 0.1) is 12.2 Å². The van der Waals surface area contributed by atoms with Gasteiger partial charge in [0.1, 0.15) is 12.4 Å². The van der Waals surface area contributed by atoms with Crippen molar-refractivity contribution < 1.29 is 4.74 Å². The van der Waals surface area contributed by atoms with E-state index < -0.39 is 0 Å². The molecule has 0 saturated heterocycles. The summed E-state index contributed by atoms with van der Waals surface area (Å²) in [7, 11) is 8.09. The van der Waals surface area contributed by atoms with Crippen LogP contribution < -0.4 is 20.3 Å². The van der Waals surface area contributed by atoms with E-state index in [1.54, 1.807) is 0 Å². The molecule has 0 fully saturated rings. The third-order valence-corrected chi connectivity index (χ3v) is 4.83.